The van der Waals surface area contributed by atoms with E-state index in [-0.39, 0.29) is 5.91 Å². The third kappa shape index (κ3) is 2.55. The van der Waals surface area contributed by atoms with Crippen LogP contribution in [-0.2, 0) is 0 Å². The third-order valence-electron chi connectivity index (χ3n) is 2.67. The van der Waals surface area contributed by atoms with E-state index >= 15 is 0 Å². The average Bonchev–Trinajstić information content (AvgIpc) is 2.92. The number of fused-ring (bicyclic) bond motifs is 1. The van der Waals surface area contributed by atoms with Gasteiger partial charge in [0.2, 0.25) is 0 Å². The number of halogens is 1. The molecule has 3 aromatic rings. The van der Waals surface area contributed by atoms with E-state index in [1.165, 1.54) is 0 Å². The van der Waals surface area contributed by atoms with Crippen LogP contribution in [0.1, 0.15) is 10.5 Å². The van der Waals surface area contributed by atoms with E-state index in [1.807, 2.05) is 12.1 Å². The Morgan fingerprint density at radius 2 is 2.15 bits per heavy atom. The van der Waals surface area contributed by atoms with Crippen molar-refractivity contribution in [1.82, 2.24) is 20.4 Å². The number of H-pyrrole nitrogens is 1. The zero-order valence-electron chi connectivity index (χ0n) is 10.2. The molecule has 0 saturated carbocycles. The standard InChI is InChI=1S/C13H10ClN5O/c14-9-4-6-15-11(7-9)18-19-13(20)10-2-1-8-3-5-16-12(8)17-10/h1-7H,(H,15,18)(H,16,17)(H,19,20). The fraction of sp³-hybridized carbons (Fsp3) is 0. The Labute approximate surface area is 119 Å². The highest BCUT2D eigenvalue weighted by atomic mass is 35.5. The summed E-state index contributed by atoms with van der Waals surface area (Å²) in [5.41, 5.74) is 6.16. The molecule has 0 bridgehead atoms. The molecule has 0 saturated heterocycles. The number of hydrogen-bond acceptors (Lipinski definition) is 4. The molecule has 0 fully saturated rings. The molecule has 0 aromatic carbocycles. The minimum atomic E-state index is -0.358. The van der Waals surface area contributed by atoms with Crippen LogP contribution in [0.3, 0.4) is 0 Å². The summed E-state index contributed by atoms with van der Waals surface area (Å²) in [6.45, 7) is 0. The molecule has 1 amide bonds. The first kappa shape index (κ1) is 12.4. The Hall–Kier alpha value is -2.60. The van der Waals surface area contributed by atoms with Crippen molar-refractivity contribution in [2.75, 3.05) is 5.43 Å². The first-order chi connectivity index (χ1) is 9.72. The average molecular weight is 288 g/mol. The largest absolute Gasteiger partial charge is 0.346 e. The molecule has 3 aromatic heterocycles. The summed E-state index contributed by atoms with van der Waals surface area (Å²) in [7, 11) is 0. The van der Waals surface area contributed by atoms with Crippen LogP contribution in [0.25, 0.3) is 11.0 Å². The number of pyridine rings is 2. The number of aromatic nitrogens is 3. The van der Waals surface area contributed by atoms with Crippen molar-refractivity contribution < 1.29 is 4.79 Å². The summed E-state index contributed by atoms with van der Waals surface area (Å²) < 4.78 is 0. The molecule has 0 radical (unpaired) electrons. The molecule has 100 valence electrons. The summed E-state index contributed by atoms with van der Waals surface area (Å²) >= 11 is 5.82. The Morgan fingerprint density at radius 1 is 1.25 bits per heavy atom. The van der Waals surface area contributed by atoms with Gasteiger partial charge in [0.15, 0.2) is 0 Å². The fourth-order valence-electron chi connectivity index (χ4n) is 1.71. The zero-order chi connectivity index (χ0) is 13.9. The number of anilines is 1. The number of amides is 1. The number of carbonyl (C=O) groups excluding carboxylic acids is 1. The van der Waals surface area contributed by atoms with Gasteiger partial charge in [0.25, 0.3) is 5.91 Å². The van der Waals surface area contributed by atoms with Gasteiger partial charge in [0.1, 0.15) is 17.2 Å². The molecule has 0 aliphatic heterocycles. The molecule has 3 rings (SSSR count). The maximum atomic E-state index is 12.0. The van der Waals surface area contributed by atoms with E-state index < -0.39 is 0 Å². The van der Waals surface area contributed by atoms with Gasteiger partial charge in [-0.1, -0.05) is 11.6 Å². The van der Waals surface area contributed by atoms with Gasteiger partial charge in [-0.25, -0.2) is 9.97 Å². The Bertz CT molecular complexity index is 770. The summed E-state index contributed by atoms with van der Waals surface area (Å²) in [5, 5.41) is 1.48. The van der Waals surface area contributed by atoms with Crippen molar-refractivity contribution in [1.29, 1.82) is 0 Å². The molecule has 0 spiro atoms. The van der Waals surface area contributed by atoms with Gasteiger partial charge in [0, 0.05) is 28.9 Å². The first-order valence-corrected chi connectivity index (χ1v) is 6.22. The van der Waals surface area contributed by atoms with Gasteiger partial charge in [-0.15, -0.1) is 0 Å². The predicted octanol–water partition coefficient (Wildman–Crippen LogP) is 2.37. The van der Waals surface area contributed by atoms with Gasteiger partial charge in [-0.05, 0) is 24.3 Å². The number of carbonyl (C=O) groups is 1. The quantitative estimate of drug-likeness (QED) is 0.646. The minimum absolute atomic E-state index is 0.300. The van der Waals surface area contributed by atoms with Crippen molar-refractivity contribution in [3.8, 4) is 0 Å². The Kier molecular flexibility index (Phi) is 3.22. The smallest absolute Gasteiger partial charge is 0.288 e. The van der Waals surface area contributed by atoms with Gasteiger partial charge in [0.05, 0.1) is 0 Å². The van der Waals surface area contributed by atoms with Crippen LogP contribution in [0.15, 0.2) is 42.7 Å². The molecule has 0 aliphatic carbocycles. The number of aromatic amines is 1. The second-order valence-corrected chi connectivity index (χ2v) is 4.49. The predicted molar refractivity (Wildman–Crippen MR) is 76.4 cm³/mol. The highest BCUT2D eigenvalue weighted by Gasteiger charge is 2.08. The molecule has 0 aliphatic rings. The maximum absolute atomic E-state index is 12.0. The van der Waals surface area contributed by atoms with Crippen LogP contribution in [0.4, 0.5) is 5.82 Å². The summed E-state index contributed by atoms with van der Waals surface area (Å²) in [6, 6.07) is 8.61. The van der Waals surface area contributed by atoms with E-state index in [0.717, 1.165) is 5.39 Å². The second-order valence-electron chi connectivity index (χ2n) is 4.05. The lowest BCUT2D eigenvalue weighted by molar-refractivity contribution is 0.0958. The molecular formula is C13H10ClN5O. The molecule has 6 nitrogen and oxygen atoms in total. The molecule has 3 N–H and O–H groups in total. The zero-order valence-corrected chi connectivity index (χ0v) is 11.0. The highest BCUT2D eigenvalue weighted by Crippen LogP contribution is 2.12. The summed E-state index contributed by atoms with van der Waals surface area (Å²) in [5.74, 6) is 0.0927. The van der Waals surface area contributed by atoms with E-state index in [1.54, 1.807) is 30.6 Å². The van der Waals surface area contributed by atoms with Crippen LogP contribution in [0.5, 0.6) is 0 Å². The highest BCUT2D eigenvalue weighted by molar-refractivity contribution is 6.30. The summed E-state index contributed by atoms with van der Waals surface area (Å²) in [4.78, 5) is 23.1. The van der Waals surface area contributed by atoms with E-state index in [2.05, 4.69) is 25.8 Å². The molecule has 20 heavy (non-hydrogen) atoms. The summed E-state index contributed by atoms with van der Waals surface area (Å²) in [6.07, 6.45) is 3.31. The normalized spacial score (nSPS) is 10.4. The van der Waals surface area contributed by atoms with Crippen molar-refractivity contribution in [3.63, 3.8) is 0 Å². The molecule has 0 atom stereocenters. The number of rotatable bonds is 3. The Morgan fingerprint density at radius 3 is 3.00 bits per heavy atom. The lowest BCUT2D eigenvalue weighted by Crippen LogP contribution is -2.30. The van der Waals surface area contributed by atoms with Crippen LogP contribution in [0.2, 0.25) is 5.02 Å². The number of hydrazine groups is 1. The van der Waals surface area contributed by atoms with Crippen molar-refractivity contribution in [2.45, 2.75) is 0 Å². The fourth-order valence-corrected chi connectivity index (χ4v) is 1.87. The molecular weight excluding hydrogens is 278 g/mol. The van der Waals surface area contributed by atoms with Crippen LogP contribution in [-0.4, -0.2) is 20.9 Å². The number of hydrogen-bond donors (Lipinski definition) is 3. The van der Waals surface area contributed by atoms with Crippen LogP contribution < -0.4 is 10.9 Å². The van der Waals surface area contributed by atoms with Crippen LogP contribution >= 0.6 is 11.6 Å². The Balaban J connectivity index is 1.72. The van der Waals surface area contributed by atoms with Crippen molar-refractivity contribution >= 4 is 34.4 Å². The van der Waals surface area contributed by atoms with Gasteiger partial charge in [-0.2, -0.15) is 0 Å². The molecule has 0 unspecified atom stereocenters. The maximum Gasteiger partial charge on any atom is 0.288 e. The van der Waals surface area contributed by atoms with Crippen molar-refractivity contribution in [3.05, 3.63) is 53.4 Å². The van der Waals surface area contributed by atoms with Crippen LogP contribution in [0, 0.1) is 0 Å². The van der Waals surface area contributed by atoms with Crippen molar-refractivity contribution in [2.24, 2.45) is 0 Å². The third-order valence-corrected chi connectivity index (χ3v) is 2.90. The SMILES string of the molecule is O=C(NNc1cc(Cl)ccn1)c1ccc2cc[nH]c2n1. The molecule has 7 heteroatoms. The second kappa shape index (κ2) is 5.18. The van der Waals surface area contributed by atoms with Gasteiger partial charge >= 0.3 is 0 Å². The van der Waals surface area contributed by atoms with E-state index in [0.29, 0.717) is 22.2 Å². The lowest BCUT2D eigenvalue weighted by atomic mass is 10.3. The topological polar surface area (TPSA) is 82.7 Å². The lowest BCUT2D eigenvalue weighted by Gasteiger charge is -2.07. The van der Waals surface area contributed by atoms with E-state index in [4.69, 9.17) is 11.6 Å². The van der Waals surface area contributed by atoms with Gasteiger partial charge < -0.3 is 4.98 Å². The van der Waals surface area contributed by atoms with Gasteiger partial charge in [-0.3, -0.25) is 15.6 Å². The number of nitrogens with zero attached hydrogens (tertiary/aromatic N) is 2. The monoisotopic (exact) mass is 287 g/mol. The first-order valence-electron chi connectivity index (χ1n) is 5.84. The molecule has 3 heterocycles. The van der Waals surface area contributed by atoms with E-state index in [9.17, 15) is 4.79 Å². The number of nitrogens with one attached hydrogen (secondary N) is 3. The minimum Gasteiger partial charge on any atom is -0.346 e.